The summed E-state index contributed by atoms with van der Waals surface area (Å²) < 4.78 is 2.53. The molecule has 0 atom stereocenters. The summed E-state index contributed by atoms with van der Waals surface area (Å²) in [6.07, 6.45) is 5.05. The SMILES string of the molecule is O=C(C=Cc1cccs1)Nc1cccc(CNc2cc(-c3ccccc3Cl)nc3c(Br)cnn23)c1. The molecule has 0 bridgehead atoms. The Morgan fingerprint density at radius 3 is 2.83 bits per heavy atom. The van der Waals surface area contributed by atoms with Crippen LogP contribution in [0.2, 0.25) is 5.02 Å². The van der Waals surface area contributed by atoms with Crippen molar-refractivity contribution >= 4 is 68.0 Å². The molecule has 2 N–H and O–H groups in total. The van der Waals surface area contributed by atoms with Crippen molar-refractivity contribution in [3.05, 3.63) is 104 Å². The van der Waals surface area contributed by atoms with Gasteiger partial charge in [-0.25, -0.2) is 4.98 Å². The van der Waals surface area contributed by atoms with Gasteiger partial charge in [0.2, 0.25) is 5.91 Å². The first-order valence-corrected chi connectivity index (χ1v) is 12.8. The molecular weight excluding hydrogens is 546 g/mol. The summed E-state index contributed by atoms with van der Waals surface area (Å²) in [5.74, 6) is 0.592. The third kappa shape index (κ3) is 5.45. The quantitative estimate of drug-likeness (QED) is 0.206. The molecule has 5 rings (SSSR count). The molecule has 9 heteroatoms. The molecule has 6 nitrogen and oxygen atoms in total. The van der Waals surface area contributed by atoms with Crippen LogP contribution < -0.4 is 10.6 Å². The maximum Gasteiger partial charge on any atom is 0.248 e. The van der Waals surface area contributed by atoms with Gasteiger partial charge in [-0.1, -0.05) is 48.0 Å². The molecule has 0 saturated heterocycles. The Bertz CT molecular complexity index is 1530. The largest absolute Gasteiger partial charge is 0.366 e. The molecule has 0 fully saturated rings. The lowest BCUT2D eigenvalue weighted by atomic mass is 10.1. The fourth-order valence-electron chi connectivity index (χ4n) is 3.55. The minimum atomic E-state index is -0.176. The highest BCUT2D eigenvalue weighted by atomic mass is 79.9. The third-order valence-electron chi connectivity index (χ3n) is 5.19. The zero-order valence-corrected chi connectivity index (χ0v) is 21.4. The summed E-state index contributed by atoms with van der Waals surface area (Å²) in [4.78, 5) is 18.1. The van der Waals surface area contributed by atoms with E-state index < -0.39 is 0 Å². The summed E-state index contributed by atoms with van der Waals surface area (Å²) in [7, 11) is 0. The summed E-state index contributed by atoms with van der Waals surface area (Å²) in [5, 5.41) is 13.4. The van der Waals surface area contributed by atoms with E-state index in [1.807, 2.05) is 72.1 Å². The number of fused-ring (bicyclic) bond motifs is 1. The normalized spacial score (nSPS) is 11.3. The van der Waals surface area contributed by atoms with Gasteiger partial charge in [0.25, 0.3) is 0 Å². The Morgan fingerprint density at radius 2 is 2.00 bits per heavy atom. The molecule has 0 aliphatic heterocycles. The van der Waals surface area contributed by atoms with Crippen LogP contribution in [-0.2, 0) is 11.3 Å². The van der Waals surface area contributed by atoms with Gasteiger partial charge in [0, 0.05) is 39.8 Å². The molecule has 5 aromatic rings. The second-order valence-corrected chi connectivity index (χ2v) is 9.87. The van der Waals surface area contributed by atoms with Gasteiger partial charge >= 0.3 is 0 Å². The lowest BCUT2D eigenvalue weighted by molar-refractivity contribution is -0.111. The molecule has 0 radical (unpaired) electrons. The number of benzene rings is 2. The minimum Gasteiger partial charge on any atom is -0.366 e. The maximum atomic E-state index is 12.3. The molecule has 2 aromatic carbocycles. The van der Waals surface area contributed by atoms with E-state index in [9.17, 15) is 4.79 Å². The van der Waals surface area contributed by atoms with Crippen molar-refractivity contribution < 1.29 is 4.79 Å². The maximum absolute atomic E-state index is 12.3. The van der Waals surface area contributed by atoms with Crippen LogP contribution in [-0.4, -0.2) is 20.5 Å². The van der Waals surface area contributed by atoms with Gasteiger partial charge < -0.3 is 10.6 Å². The number of aromatic nitrogens is 3. The number of rotatable bonds is 7. The number of nitrogens with zero attached hydrogens (tertiary/aromatic N) is 3. The molecule has 174 valence electrons. The van der Waals surface area contributed by atoms with Crippen LogP contribution in [0, 0.1) is 0 Å². The van der Waals surface area contributed by atoms with Crippen LogP contribution in [0.1, 0.15) is 10.4 Å². The molecular formula is C26H19BrClN5OS. The van der Waals surface area contributed by atoms with E-state index in [0.717, 1.165) is 37.7 Å². The third-order valence-corrected chi connectivity index (χ3v) is 6.92. The second kappa shape index (κ2) is 10.4. The van der Waals surface area contributed by atoms with Crippen molar-refractivity contribution in [2.45, 2.75) is 6.54 Å². The highest BCUT2D eigenvalue weighted by Crippen LogP contribution is 2.30. The first kappa shape index (κ1) is 23.3. The summed E-state index contributed by atoms with van der Waals surface area (Å²) in [6, 6.07) is 21.2. The molecule has 3 heterocycles. The van der Waals surface area contributed by atoms with E-state index in [4.69, 9.17) is 16.6 Å². The zero-order valence-electron chi connectivity index (χ0n) is 18.3. The predicted molar refractivity (Wildman–Crippen MR) is 147 cm³/mol. The van der Waals surface area contributed by atoms with Crippen molar-refractivity contribution in [3.8, 4) is 11.3 Å². The lowest BCUT2D eigenvalue weighted by Crippen LogP contribution is -2.09. The Kier molecular flexibility index (Phi) is 6.94. The number of anilines is 2. The molecule has 0 unspecified atom stereocenters. The van der Waals surface area contributed by atoms with E-state index in [2.05, 4.69) is 31.7 Å². The van der Waals surface area contributed by atoms with E-state index >= 15 is 0 Å². The van der Waals surface area contributed by atoms with E-state index in [-0.39, 0.29) is 5.91 Å². The average Bonchev–Trinajstić information content (AvgIpc) is 3.52. The number of hydrogen-bond acceptors (Lipinski definition) is 5. The van der Waals surface area contributed by atoms with Gasteiger partial charge in [-0.15, -0.1) is 11.3 Å². The monoisotopic (exact) mass is 563 g/mol. The molecule has 0 aliphatic rings. The fraction of sp³-hybridized carbons (Fsp3) is 0.0385. The van der Waals surface area contributed by atoms with Crippen LogP contribution >= 0.6 is 38.9 Å². The van der Waals surface area contributed by atoms with E-state index in [1.54, 1.807) is 28.1 Å². The number of thiophene rings is 1. The van der Waals surface area contributed by atoms with Gasteiger partial charge in [-0.2, -0.15) is 9.61 Å². The Balaban J connectivity index is 1.35. The number of hydrogen-bond donors (Lipinski definition) is 2. The molecule has 0 saturated carbocycles. The Morgan fingerprint density at radius 1 is 1.11 bits per heavy atom. The molecule has 0 spiro atoms. The van der Waals surface area contributed by atoms with Crippen LogP contribution in [0.4, 0.5) is 11.5 Å². The van der Waals surface area contributed by atoms with Gasteiger partial charge in [0.15, 0.2) is 5.65 Å². The van der Waals surface area contributed by atoms with E-state index in [0.29, 0.717) is 17.2 Å². The van der Waals surface area contributed by atoms with Crippen molar-refractivity contribution in [2.24, 2.45) is 0 Å². The Labute approximate surface area is 219 Å². The van der Waals surface area contributed by atoms with Crippen LogP contribution in [0.25, 0.3) is 23.0 Å². The van der Waals surface area contributed by atoms with Crippen molar-refractivity contribution in [3.63, 3.8) is 0 Å². The molecule has 1 amide bonds. The highest BCUT2D eigenvalue weighted by molar-refractivity contribution is 9.10. The summed E-state index contributed by atoms with van der Waals surface area (Å²) in [5.41, 5.74) is 3.99. The molecule has 35 heavy (non-hydrogen) atoms. The fourth-order valence-corrected chi connectivity index (χ4v) is 4.75. The number of carbonyl (C=O) groups excluding carboxylic acids is 1. The van der Waals surface area contributed by atoms with Gasteiger partial charge in [0.1, 0.15) is 5.82 Å². The molecule has 0 aliphatic carbocycles. The van der Waals surface area contributed by atoms with Gasteiger partial charge in [-0.05, 0) is 57.2 Å². The van der Waals surface area contributed by atoms with Crippen LogP contribution in [0.15, 0.2) is 88.9 Å². The number of halogens is 2. The highest BCUT2D eigenvalue weighted by Gasteiger charge is 2.13. The number of amides is 1. The Hall–Kier alpha value is -3.46. The minimum absolute atomic E-state index is 0.176. The average molecular weight is 565 g/mol. The smallest absolute Gasteiger partial charge is 0.248 e. The van der Waals surface area contributed by atoms with Crippen LogP contribution in [0.5, 0.6) is 0 Å². The van der Waals surface area contributed by atoms with E-state index in [1.165, 1.54) is 6.08 Å². The van der Waals surface area contributed by atoms with Crippen molar-refractivity contribution in [1.82, 2.24) is 14.6 Å². The van der Waals surface area contributed by atoms with Gasteiger partial charge in [-0.3, -0.25) is 4.79 Å². The second-order valence-electron chi connectivity index (χ2n) is 7.63. The first-order valence-electron chi connectivity index (χ1n) is 10.7. The predicted octanol–water partition coefficient (Wildman–Crippen LogP) is 7.14. The lowest BCUT2D eigenvalue weighted by Gasteiger charge is -2.12. The first-order chi connectivity index (χ1) is 17.1. The topological polar surface area (TPSA) is 71.3 Å². The summed E-state index contributed by atoms with van der Waals surface area (Å²) in [6.45, 7) is 0.521. The summed E-state index contributed by atoms with van der Waals surface area (Å²) >= 11 is 11.5. The number of nitrogens with one attached hydrogen (secondary N) is 2. The van der Waals surface area contributed by atoms with Crippen molar-refractivity contribution in [2.75, 3.05) is 10.6 Å². The number of carbonyl (C=O) groups is 1. The van der Waals surface area contributed by atoms with Gasteiger partial charge in [0.05, 0.1) is 16.4 Å². The standard InChI is InChI=1S/C26H19BrClN5OS/c27-21-16-30-33-24(14-23(32-26(21)33)20-8-1-2-9-22(20)28)29-15-17-5-3-6-18(13-17)31-25(34)11-10-19-7-4-12-35-19/h1-14,16,29H,15H2,(H,31,34). The van der Waals surface area contributed by atoms with Crippen LogP contribution in [0.3, 0.4) is 0 Å². The zero-order chi connectivity index (χ0) is 24.2. The molecule has 3 aromatic heterocycles. The van der Waals surface area contributed by atoms with Crippen molar-refractivity contribution in [1.29, 1.82) is 0 Å².